The SMILES string of the molecule is Cc1ccc(-c2cc(C(=O)N/N=C/c3ccc(Br)s3)[nH]n2)cc1. The Morgan fingerprint density at radius 3 is 2.78 bits per heavy atom. The second-order valence-corrected chi connectivity index (χ2v) is 7.37. The Kier molecular flexibility index (Phi) is 4.68. The first-order valence-corrected chi connectivity index (χ1v) is 8.44. The summed E-state index contributed by atoms with van der Waals surface area (Å²) in [5.74, 6) is -0.331. The fraction of sp³-hybridized carbons (Fsp3) is 0.0625. The number of benzene rings is 1. The van der Waals surface area contributed by atoms with Gasteiger partial charge >= 0.3 is 0 Å². The number of aryl methyl sites for hydroxylation is 1. The molecule has 1 amide bonds. The third-order valence-electron chi connectivity index (χ3n) is 3.12. The standard InChI is InChI=1S/C16H13BrN4OS/c1-10-2-4-11(5-3-10)13-8-14(20-19-13)16(22)21-18-9-12-6-7-15(17)23-12/h2-9H,1H3,(H,19,20)(H,21,22)/b18-9+. The number of hydrogen-bond acceptors (Lipinski definition) is 4. The van der Waals surface area contributed by atoms with Crippen LogP contribution in [0, 0.1) is 6.92 Å². The molecule has 0 atom stereocenters. The van der Waals surface area contributed by atoms with Crippen LogP contribution in [0.5, 0.6) is 0 Å². The van der Waals surface area contributed by atoms with Crippen molar-refractivity contribution in [2.45, 2.75) is 6.92 Å². The molecule has 23 heavy (non-hydrogen) atoms. The van der Waals surface area contributed by atoms with Crippen molar-refractivity contribution >= 4 is 39.4 Å². The first-order chi connectivity index (χ1) is 11.1. The number of amides is 1. The highest BCUT2D eigenvalue weighted by molar-refractivity contribution is 9.11. The number of nitrogens with zero attached hydrogens (tertiary/aromatic N) is 2. The van der Waals surface area contributed by atoms with Crippen molar-refractivity contribution in [3.63, 3.8) is 0 Å². The highest BCUT2D eigenvalue weighted by atomic mass is 79.9. The molecule has 0 aliphatic carbocycles. The molecule has 0 aliphatic heterocycles. The minimum Gasteiger partial charge on any atom is -0.272 e. The Hall–Kier alpha value is -2.25. The number of hydrazone groups is 1. The highest BCUT2D eigenvalue weighted by Crippen LogP contribution is 2.20. The Balaban J connectivity index is 1.66. The van der Waals surface area contributed by atoms with E-state index < -0.39 is 0 Å². The van der Waals surface area contributed by atoms with E-state index in [2.05, 4.69) is 36.7 Å². The fourth-order valence-electron chi connectivity index (χ4n) is 1.92. The predicted octanol–water partition coefficient (Wildman–Crippen LogP) is 3.97. The summed E-state index contributed by atoms with van der Waals surface area (Å²) in [7, 11) is 0. The number of carbonyl (C=O) groups excluding carboxylic acids is 1. The smallest absolute Gasteiger partial charge is 0.272 e. The average molecular weight is 389 g/mol. The Bertz CT molecular complexity index is 851. The van der Waals surface area contributed by atoms with Gasteiger partial charge in [0.1, 0.15) is 5.69 Å². The van der Waals surface area contributed by atoms with Gasteiger partial charge in [0.05, 0.1) is 15.7 Å². The van der Waals surface area contributed by atoms with Crippen molar-refractivity contribution in [2.75, 3.05) is 0 Å². The molecule has 0 unspecified atom stereocenters. The number of carbonyl (C=O) groups is 1. The number of aromatic nitrogens is 2. The quantitative estimate of drug-likeness (QED) is 0.524. The molecule has 2 aromatic heterocycles. The van der Waals surface area contributed by atoms with E-state index in [4.69, 9.17) is 0 Å². The van der Waals surface area contributed by atoms with Crippen LogP contribution >= 0.6 is 27.3 Å². The van der Waals surface area contributed by atoms with Crippen LogP contribution in [-0.2, 0) is 0 Å². The van der Waals surface area contributed by atoms with Crippen molar-refractivity contribution < 1.29 is 4.79 Å². The lowest BCUT2D eigenvalue weighted by molar-refractivity contribution is 0.0950. The van der Waals surface area contributed by atoms with Gasteiger partial charge in [-0.25, -0.2) is 5.43 Å². The van der Waals surface area contributed by atoms with Crippen LogP contribution in [0.15, 0.2) is 51.4 Å². The zero-order valence-corrected chi connectivity index (χ0v) is 14.6. The van der Waals surface area contributed by atoms with Gasteiger partial charge < -0.3 is 0 Å². The van der Waals surface area contributed by atoms with Crippen LogP contribution in [0.4, 0.5) is 0 Å². The summed E-state index contributed by atoms with van der Waals surface area (Å²) >= 11 is 4.91. The molecule has 0 saturated carbocycles. The first kappa shape index (κ1) is 15.6. The number of aromatic amines is 1. The van der Waals surface area contributed by atoms with Crippen molar-refractivity contribution in [2.24, 2.45) is 5.10 Å². The van der Waals surface area contributed by atoms with Crippen LogP contribution in [0.1, 0.15) is 20.9 Å². The van der Waals surface area contributed by atoms with Crippen molar-refractivity contribution in [3.05, 3.63) is 62.4 Å². The third kappa shape index (κ3) is 3.94. The summed E-state index contributed by atoms with van der Waals surface area (Å²) in [6.07, 6.45) is 1.60. The van der Waals surface area contributed by atoms with E-state index in [0.29, 0.717) is 5.69 Å². The molecule has 0 bridgehead atoms. The fourth-order valence-corrected chi connectivity index (χ4v) is 3.22. The normalized spacial score (nSPS) is 11.0. The Morgan fingerprint density at radius 2 is 2.09 bits per heavy atom. The lowest BCUT2D eigenvalue weighted by Crippen LogP contribution is -2.17. The van der Waals surface area contributed by atoms with E-state index in [0.717, 1.165) is 19.9 Å². The summed E-state index contributed by atoms with van der Waals surface area (Å²) < 4.78 is 1.02. The molecule has 0 fully saturated rings. The largest absolute Gasteiger partial charge is 0.289 e. The van der Waals surface area contributed by atoms with Crippen LogP contribution in [0.25, 0.3) is 11.3 Å². The molecule has 2 N–H and O–H groups in total. The lowest BCUT2D eigenvalue weighted by Gasteiger charge is -1.96. The molecule has 0 spiro atoms. The van der Waals surface area contributed by atoms with Crippen LogP contribution in [-0.4, -0.2) is 22.3 Å². The van der Waals surface area contributed by atoms with E-state index in [-0.39, 0.29) is 5.91 Å². The molecule has 7 heteroatoms. The molecule has 3 rings (SSSR count). The number of hydrogen-bond donors (Lipinski definition) is 2. The molecule has 5 nitrogen and oxygen atoms in total. The molecule has 0 saturated heterocycles. The Morgan fingerprint density at radius 1 is 1.30 bits per heavy atom. The average Bonchev–Trinajstić information content (AvgIpc) is 3.17. The van der Waals surface area contributed by atoms with Gasteiger partial charge in [-0.2, -0.15) is 10.2 Å². The monoisotopic (exact) mass is 388 g/mol. The third-order valence-corrected chi connectivity index (χ3v) is 4.68. The lowest BCUT2D eigenvalue weighted by atomic mass is 10.1. The van der Waals surface area contributed by atoms with Gasteiger partial charge in [0, 0.05) is 10.4 Å². The van der Waals surface area contributed by atoms with Crippen LogP contribution in [0.3, 0.4) is 0 Å². The Labute approximate surface area is 145 Å². The number of H-pyrrole nitrogens is 1. The van der Waals surface area contributed by atoms with Gasteiger partial charge in [0.25, 0.3) is 5.91 Å². The van der Waals surface area contributed by atoms with E-state index >= 15 is 0 Å². The molecular weight excluding hydrogens is 376 g/mol. The molecule has 1 aromatic carbocycles. The second kappa shape index (κ2) is 6.89. The summed E-state index contributed by atoms with van der Waals surface area (Å²) in [6.45, 7) is 2.03. The summed E-state index contributed by atoms with van der Waals surface area (Å²) in [5.41, 5.74) is 5.70. The number of rotatable bonds is 4. The molecule has 116 valence electrons. The van der Waals surface area contributed by atoms with E-state index in [9.17, 15) is 4.79 Å². The van der Waals surface area contributed by atoms with Crippen LogP contribution < -0.4 is 5.43 Å². The maximum Gasteiger partial charge on any atom is 0.289 e. The summed E-state index contributed by atoms with van der Waals surface area (Å²) in [6, 6.07) is 13.5. The second-order valence-electron chi connectivity index (χ2n) is 4.87. The van der Waals surface area contributed by atoms with Crippen molar-refractivity contribution in [1.82, 2.24) is 15.6 Å². The van der Waals surface area contributed by atoms with Crippen LogP contribution in [0.2, 0.25) is 0 Å². The maximum atomic E-state index is 12.0. The van der Waals surface area contributed by atoms with Crippen molar-refractivity contribution in [3.8, 4) is 11.3 Å². The zero-order valence-electron chi connectivity index (χ0n) is 12.2. The molecule has 0 radical (unpaired) electrons. The van der Waals surface area contributed by atoms with E-state index in [1.165, 1.54) is 16.9 Å². The highest BCUT2D eigenvalue weighted by Gasteiger charge is 2.10. The minimum atomic E-state index is -0.331. The van der Waals surface area contributed by atoms with E-state index in [1.54, 1.807) is 12.3 Å². The first-order valence-electron chi connectivity index (χ1n) is 6.83. The molecule has 0 aliphatic rings. The topological polar surface area (TPSA) is 70.1 Å². The number of thiophene rings is 1. The number of halogens is 1. The van der Waals surface area contributed by atoms with Gasteiger partial charge in [0.15, 0.2) is 0 Å². The van der Waals surface area contributed by atoms with Crippen molar-refractivity contribution in [1.29, 1.82) is 0 Å². The molecular formula is C16H13BrN4OS. The van der Waals surface area contributed by atoms with Gasteiger partial charge in [-0.05, 0) is 41.1 Å². The minimum absolute atomic E-state index is 0.331. The van der Waals surface area contributed by atoms with Gasteiger partial charge in [-0.15, -0.1) is 11.3 Å². The predicted molar refractivity (Wildman–Crippen MR) is 95.8 cm³/mol. The van der Waals surface area contributed by atoms with Gasteiger partial charge in [-0.3, -0.25) is 9.89 Å². The molecule has 3 aromatic rings. The molecule has 2 heterocycles. The van der Waals surface area contributed by atoms with Gasteiger partial charge in [-0.1, -0.05) is 29.8 Å². The number of nitrogens with one attached hydrogen (secondary N) is 2. The maximum absolute atomic E-state index is 12.0. The zero-order chi connectivity index (χ0) is 16.2. The summed E-state index contributed by atoms with van der Waals surface area (Å²) in [4.78, 5) is 13.0. The summed E-state index contributed by atoms with van der Waals surface area (Å²) in [5, 5.41) is 10.8. The van der Waals surface area contributed by atoms with E-state index in [1.807, 2.05) is 43.3 Å². The van der Waals surface area contributed by atoms with Gasteiger partial charge in [0.2, 0.25) is 0 Å².